The van der Waals surface area contributed by atoms with Crippen molar-refractivity contribution in [2.75, 3.05) is 0 Å². The van der Waals surface area contributed by atoms with Gasteiger partial charge in [0, 0.05) is 16.5 Å². The van der Waals surface area contributed by atoms with E-state index in [1.807, 2.05) is 24.3 Å². The molecule has 80 valence electrons. The molecule has 16 heavy (non-hydrogen) atoms. The number of hydrogen-bond donors (Lipinski definition) is 0. The summed E-state index contributed by atoms with van der Waals surface area (Å²) in [5.41, 5.74) is 2.54. The molecule has 0 bridgehead atoms. The van der Waals surface area contributed by atoms with Crippen LogP contribution < -0.4 is 4.74 Å². The summed E-state index contributed by atoms with van der Waals surface area (Å²) in [6.07, 6.45) is 0. The van der Waals surface area contributed by atoms with Gasteiger partial charge in [-0.2, -0.15) is 0 Å². The van der Waals surface area contributed by atoms with Crippen LogP contribution >= 0.6 is 0 Å². The molecule has 0 amide bonds. The zero-order valence-corrected chi connectivity index (χ0v) is 9.53. The average Bonchev–Trinajstić information content (AvgIpc) is 2.29. The largest absolute Gasteiger partial charge is 0.457 e. The quantitative estimate of drug-likeness (QED) is 0.635. The van der Waals surface area contributed by atoms with Gasteiger partial charge in [0.1, 0.15) is 11.5 Å². The van der Waals surface area contributed by atoms with Crippen LogP contribution in [0.15, 0.2) is 48.5 Å². The Morgan fingerprint density at radius 2 is 1.19 bits per heavy atom. The molecule has 0 radical (unpaired) electrons. The molecule has 1 nitrogen and oxygen atoms in total. The summed E-state index contributed by atoms with van der Waals surface area (Å²) in [6.45, 7) is 4.49. The molecule has 0 unspecified atom stereocenters. The maximum absolute atomic E-state index is 5.91. The van der Waals surface area contributed by atoms with Gasteiger partial charge >= 0.3 is 0 Å². The van der Waals surface area contributed by atoms with E-state index in [4.69, 9.17) is 4.74 Å². The van der Waals surface area contributed by atoms with Crippen molar-refractivity contribution < 1.29 is 4.74 Å². The van der Waals surface area contributed by atoms with Gasteiger partial charge in [0.15, 0.2) is 0 Å². The third-order valence-electron chi connectivity index (χ3n) is 3.34. The lowest BCUT2D eigenvalue weighted by atomic mass is 9.76. The van der Waals surface area contributed by atoms with Gasteiger partial charge in [-0.3, -0.25) is 0 Å². The van der Waals surface area contributed by atoms with Crippen LogP contribution in [0.2, 0.25) is 0 Å². The molecule has 0 fully saturated rings. The number of ether oxygens (including phenoxy) is 1. The minimum atomic E-state index is 0.0193. The first-order valence-corrected chi connectivity index (χ1v) is 5.56. The monoisotopic (exact) mass is 210 g/mol. The van der Waals surface area contributed by atoms with E-state index in [-0.39, 0.29) is 5.41 Å². The van der Waals surface area contributed by atoms with E-state index in [0.29, 0.717) is 0 Å². The lowest BCUT2D eigenvalue weighted by Gasteiger charge is -2.34. The normalized spacial score (nSPS) is 15.9. The number of benzene rings is 2. The van der Waals surface area contributed by atoms with Crippen LogP contribution in [-0.4, -0.2) is 0 Å². The van der Waals surface area contributed by atoms with Crippen molar-refractivity contribution in [1.82, 2.24) is 0 Å². The van der Waals surface area contributed by atoms with Crippen LogP contribution in [0.3, 0.4) is 0 Å². The molecular formula is C15H14O. The Labute approximate surface area is 95.7 Å². The Morgan fingerprint density at radius 1 is 0.750 bits per heavy atom. The Balaban J connectivity index is 2.28. The van der Waals surface area contributed by atoms with E-state index in [0.717, 1.165) is 11.5 Å². The fourth-order valence-electron chi connectivity index (χ4n) is 2.41. The van der Waals surface area contributed by atoms with Crippen molar-refractivity contribution in [2.45, 2.75) is 19.3 Å². The maximum atomic E-state index is 5.91. The first kappa shape index (κ1) is 9.46. The van der Waals surface area contributed by atoms with Gasteiger partial charge in [-0.25, -0.2) is 0 Å². The minimum absolute atomic E-state index is 0.0193. The number of hydrogen-bond acceptors (Lipinski definition) is 1. The van der Waals surface area contributed by atoms with Crippen LogP contribution in [0.1, 0.15) is 25.0 Å². The third-order valence-corrected chi connectivity index (χ3v) is 3.34. The van der Waals surface area contributed by atoms with Crippen LogP contribution in [-0.2, 0) is 5.41 Å². The highest BCUT2D eigenvalue weighted by molar-refractivity contribution is 5.56. The summed E-state index contributed by atoms with van der Waals surface area (Å²) in [5.74, 6) is 1.96. The Kier molecular flexibility index (Phi) is 1.84. The maximum Gasteiger partial charge on any atom is 0.131 e. The number of fused-ring (bicyclic) bond motifs is 2. The molecular weight excluding hydrogens is 196 g/mol. The molecule has 0 saturated heterocycles. The molecule has 0 atom stereocenters. The van der Waals surface area contributed by atoms with Gasteiger partial charge in [-0.15, -0.1) is 0 Å². The molecule has 0 aliphatic carbocycles. The first-order chi connectivity index (χ1) is 7.69. The van der Waals surface area contributed by atoms with Crippen molar-refractivity contribution >= 4 is 0 Å². The number of rotatable bonds is 0. The lowest BCUT2D eigenvalue weighted by molar-refractivity contribution is 0.418. The van der Waals surface area contributed by atoms with Gasteiger partial charge in [-0.05, 0) is 12.1 Å². The van der Waals surface area contributed by atoms with Crippen molar-refractivity contribution in [3.63, 3.8) is 0 Å². The molecule has 0 saturated carbocycles. The second-order valence-electron chi connectivity index (χ2n) is 4.72. The molecule has 3 rings (SSSR count). The summed E-state index contributed by atoms with van der Waals surface area (Å²) in [6, 6.07) is 16.5. The Bertz CT molecular complexity index is 493. The number of para-hydroxylation sites is 2. The molecule has 1 aliphatic heterocycles. The smallest absolute Gasteiger partial charge is 0.131 e. The van der Waals surface area contributed by atoms with Gasteiger partial charge in [0.25, 0.3) is 0 Å². The van der Waals surface area contributed by atoms with Gasteiger partial charge in [0.05, 0.1) is 0 Å². The van der Waals surface area contributed by atoms with Gasteiger partial charge in [0.2, 0.25) is 0 Å². The van der Waals surface area contributed by atoms with Crippen molar-refractivity contribution in [3.05, 3.63) is 59.7 Å². The van der Waals surface area contributed by atoms with Gasteiger partial charge in [-0.1, -0.05) is 50.2 Å². The molecule has 1 heterocycles. The van der Waals surface area contributed by atoms with Crippen LogP contribution in [0.4, 0.5) is 0 Å². The van der Waals surface area contributed by atoms with E-state index in [1.54, 1.807) is 0 Å². The fourth-order valence-corrected chi connectivity index (χ4v) is 2.41. The third kappa shape index (κ3) is 1.18. The summed E-state index contributed by atoms with van der Waals surface area (Å²) in [7, 11) is 0. The van der Waals surface area contributed by atoms with E-state index in [1.165, 1.54) is 11.1 Å². The predicted molar refractivity (Wildman–Crippen MR) is 65.1 cm³/mol. The summed E-state index contributed by atoms with van der Waals surface area (Å²) < 4.78 is 5.91. The summed E-state index contributed by atoms with van der Waals surface area (Å²) >= 11 is 0. The summed E-state index contributed by atoms with van der Waals surface area (Å²) in [4.78, 5) is 0. The zero-order chi connectivity index (χ0) is 11.2. The van der Waals surface area contributed by atoms with E-state index in [9.17, 15) is 0 Å². The van der Waals surface area contributed by atoms with Crippen molar-refractivity contribution in [2.24, 2.45) is 0 Å². The van der Waals surface area contributed by atoms with Crippen molar-refractivity contribution in [1.29, 1.82) is 0 Å². The topological polar surface area (TPSA) is 9.23 Å². The highest BCUT2D eigenvalue weighted by Gasteiger charge is 2.33. The molecule has 1 heteroatoms. The Hall–Kier alpha value is -1.76. The highest BCUT2D eigenvalue weighted by Crippen LogP contribution is 2.47. The van der Waals surface area contributed by atoms with Crippen LogP contribution in [0.25, 0.3) is 0 Å². The standard InChI is InChI=1S/C15H14O/c1-15(2)11-7-3-5-9-13(11)16-14-10-6-4-8-12(14)15/h3-10H,1-2H3. The fraction of sp³-hybridized carbons (Fsp3) is 0.200. The minimum Gasteiger partial charge on any atom is -0.457 e. The molecule has 0 N–H and O–H groups in total. The lowest BCUT2D eigenvalue weighted by Crippen LogP contribution is -2.23. The molecule has 0 aromatic heterocycles. The Morgan fingerprint density at radius 3 is 1.69 bits per heavy atom. The molecule has 1 aliphatic rings. The molecule has 0 spiro atoms. The molecule has 2 aromatic carbocycles. The van der Waals surface area contributed by atoms with E-state index >= 15 is 0 Å². The highest BCUT2D eigenvalue weighted by atomic mass is 16.5. The average molecular weight is 210 g/mol. The van der Waals surface area contributed by atoms with E-state index < -0.39 is 0 Å². The van der Waals surface area contributed by atoms with Crippen LogP contribution in [0.5, 0.6) is 11.5 Å². The van der Waals surface area contributed by atoms with Crippen molar-refractivity contribution in [3.8, 4) is 11.5 Å². The second-order valence-corrected chi connectivity index (χ2v) is 4.72. The van der Waals surface area contributed by atoms with Gasteiger partial charge < -0.3 is 4.74 Å². The zero-order valence-electron chi connectivity index (χ0n) is 9.53. The second kappa shape index (κ2) is 3.11. The van der Waals surface area contributed by atoms with Crippen LogP contribution in [0, 0.1) is 0 Å². The first-order valence-electron chi connectivity index (χ1n) is 5.56. The molecule has 2 aromatic rings. The SMILES string of the molecule is CC1(C)c2ccccc2Oc2ccccc21. The predicted octanol–water partition coefficient (Wildman–Crippen LogP) is 4.12. The van der Waals surface area contributed by atoms with E-state index in [2.05, 4.69) is 38.1 Å². The summed E-state index contributed by atoms with van der Waals surface area (Å²) in [5, 5.41) is 0.